The van der Waals surface area contributed by atoms with Gasteiger partial charge in [-0.3, -0.25) is 14.4 Å². The Morgan fingerprint density at radius 1 is 0.828 bits per heavy atom. The van der Waals surface area contributed by atoms with Gasteiger partial charge in [-0.25, -0.2) is 9.59 Å². The van der Waals surface area contributed by atoms with E-state index in [4.69, 9.17) is 9.57 Å². The van der Waals surface area contributed by atoms with Crippen LogP contribution in [0.15, 0.2) is 12.3 Å². The van der Waals surface area contributed by atoms with Gasteiger partial charge in [0.05, 0.1) is 5.70 Å². The van der Waals surface area contributed by atoms with Gasteiger partial charge in [-0.15, -0.1) is 10.1 Å². The van der Waals surface area contributed by atoms with Crippen LogP contribution in [0.2, 0.25) is 0 Å². The van der Waals surface area contributed by atoms with Crippen LogP contribution in [0.25, 0.3) is 0 Å². The second-order valence-electron chi connectivity index (χ2n) is 6.15. The van der Waals surface area contributed by atoms with Gasteiger partial charge in [-0.05, 0) is 19.3 Å². The number of imide groups is 1. The molecule has 2 aliphatic rings. The molecular weight excluding hydrogens is 388 g/mol. The van der Waals surface area contributed by atoms with Crippen LogP contribution in [0.1, 0.15) is 44.9 Å². The Kier molecular flexibility index (Phi) is 10.6. The molecule has 0 radical (unpaired) electrons. The smallest absolute Gasteiger partial charge is 0.358 e. The van der Waals surface area contributed by atoms with Crippen molar-refractivity contribution in [2.45, 2.75) is 44.9 Å². The average molecular weight is 414 g/mol. The molecule has 0 bridgehead atoms. The molecule has 0 atom stereocenters. The Morgan fingerprint density at radius 2 is 1.38 bits per heavy atom. The molecule has 0 aliphatic carbocycles. The van der Waals surface area contributed by atoms with Crippen LogP contribution >= 0.6 is 0 Å². The normalized spacial score (nSPS) is 16.1. The number of nitrogens with zero attached hydrogens (tertiary/aromatic N) is 2. The maximum Gasteiger partial charge on any atom is 0.358 e. The molecule has 3 amide bonds. The van der Waals surface area contributed by atoms with Crippen molar-refractivity contribution in [3.63, 3.8) is 0 Å². The van der Waals surface area contributed by atoms with Gasteiger partial charge >= 0.3 is 11.9 Å². The molecule has 0 saturated carbocycles. The molecule has 0 N–H and O–H groups in total. The number of unbranched alkanes of at least 4 members (excludes halogenated alkanes) is 1. The van der Waals surface area contributed by atoms with Crippen LogP contribution in [0.5, 0.6) is 0 Å². The van der Waals surface area contributed by atoms with Gasteiger partial charge in [-0.1, -0.05) is 6.58 Å². The van der Waals surface area contributed by atoms with E-state index in [1.165, 1.54) is 7.11 Å². The first-order valence-corrected chi connectivity index (χ1v) is 9.06. The quantitative estimate of drug-likeness (QED) is 0.394. The van der Waals surface area contributed by atoms with Gasteiger partial charge in [0.25, 0.3) is 17.7 Å². The lowest BCUT2D eigenvalue weighted by molar-refractivity contribution is -0.199. The Balaban J connectivity index is 0.000000296. The van der Waals surface area contributed by atoms with Crippen LogP contribution in [-0.4, -0.2) is 67.2 Å². The Hall–Kier alpha value is -2.79. The third kappa shape index (κ3) is 8.40. The van der Waals surface area contributed by atoms with Gasteiger partial charge in [-0.2, -0.15) is 0 Å². The largest absolute Gasteiger partial charge is 0.385 e. The standard InChI is InChI=1S/C11H17NO4.C7H9NO5/c1-9-6-7-10(13)12(9)16-11(14)5-3-4-8-15-2;1-12-4-7(11)13-8-5(9)2-3-6(8)10/h1,3-8H2,2H3;2-4H2,1H3. The van der Waals surface area contributed by atoms with Crippen molar-refractivity contribution in [3.8, 4) is 0 Å². The molecule has 162 valence electrons. The Bertz CT molecular complexity index is 615. The van der Waals surface area contributed by atoms with Crippen molar-refractivity contribution in [1.29, 1.82) is 0 Å². The molecule has 0 aromatic heterocycles. The first kappa shape index (κ1) is 24.2. The van der Waals surface area contributed by atoms with Crippen molar-refractivity contribution >= 4 is 29.7 Å². The zero-order valence-corrected chi connectivity index (χ0v) is 16.6. The summed E-state index contributed by atoms with van der Waals surface area (Å²) in [5.41, 5.74) is 0.551. The molecule has 2 fully saturated rings. The number of carbonyl (C=O) groups is 5. The van der Waals surface area contributed by atoms with Gasteiger partial charge in [0.1, 0.15) is 6.61 Å². The molecule has 11 nitrogen and oxygen atoms in total. The summed E-state index contributed by atoms with van der Waals surface area (Å²) in [6.45, 7) is 4.00. The molecule has 2 rings (SSSR count). The third-order valence-electron chi connectivity index (χ3n) is 3.77. The number of amides is 3. The van der Waals surface area contributed by atoms with Gasteiger partial charge in [0, 0.05) is 46.5 Å². The summed E-state index contributed by atoms with van der Waals surface area (Å²) >= 11 is 0. The third-order valence-corrected chi connectivity index (χ3v) is 3.77. The highest BCUT2D eigenvalue weighted by Gasteiger charge is 2.32. The van der Waals surface area contributed by atoms with E-state index >= 15 is 0 Å². The van der Waals surface area contributed by atoms with Crippen LogP contribution in [-0.2, 0) is 43.1 Å². The number of hydroxylamine groups is 4. The summed E-state index contributed by atoms with van der Waals surface area (Å²) in [4.78, 5) is 64.6. The van der Waals surface area contributed by atoms with Gasteiger partial charge in [0.2, 0.25) is 0 Å². The van der Waals surface area contributed by atoms with Crippen molar-refractivity contribution in [1.82, 2.24) is 10.1 Å². The first-order chi connectivity index (χ1) is 13.8. The monoisotopic (exact) mass is 414 g/mol. The van der Waals surface area contributed by atoms with Crippen molar-refractivity contribution in [2.24, 2.45) is 0 Å². The van der Waals surface area contributed by atoms with Crippen LogP contribution < -0.4 is 0 Å². The summed E-state index contributed by atoms with van der Waals surface area (Å²) in [6.07, 6.45) is 2.92. The van der Waals surface area contributed by atoms with E-state index in [9.17, 15) is 24.0 Å². The van der Waals surface area contributed by atoms with E-state index in [1.54, 1.807) is 7.11 Å². The van der Waals surface area contributed by atoms with E-state index in [-0.39, 0.29) is 25.4 Å². The maximum atomic E-state index is 11.4. The highest BCUT2D eigenvalue weighted by Crippen LogP contribution is 2.21. The minimum atomic E-state index is -0.758. The minimum Gasteiger partial charge on any atom is -0.385 e. The van der Waals surface area contributed by atoms with Crippen molar-refractivity contribution < 1.29 is 43.1 Å². The summed E-state index contributed by atoms with van der Waals surface area (Å²) in [5.74, 6) is -2.34. The number of rotatable bonds is 9. The summed E-state index contributed by atoms with van der Waals surface area (Å²) in [5, 5.41) is 1.50. The molecule has 0 spiro atoms. The number of carbonyl (C=O) groups excluding carboxylic acids is 5. The van der Waals surface area contributed by atoms with Crippen molar-refractivity contribution in [2.75, 3.05) is 27.4 Å². The summed E-state index contributed by atoms with van der Waals surface area (Å²) in [7, 11) is 2.93. The molecule has 2 heterocycles. The van der Waals surface area contributed by atoms with E-state index in [2.05, 4.69) is 16.2 Å². The topological polar surface area (TPSA) is 129 Å². The number of methoxy groups -OCH3 is 2. The molecule has 0 aromatic rings. The zero-order valence-electron chi connectivity index (χ0n) is 16.6. The number of hydrogen-bond donors (Lipinski definition) is 0. The van der Waals surface area contributed by atoms with Gasteiger partial charge in [0.15, 0.2) is 0 Å². The molecule has 11 heteroatoms. The first-order valence-electron chi connectivity index (χ1n) is 9.06. The fourth-order valence-electron chi connectivity index (χ4n) is 2.31. The number of allylic oxidation sites excluding steroid dienone is 1. The van der Waals surface area contributed by atoms with E-state index < -0.39 is 23.8 Å². The van der Waals surface area contributed by atoms with Crippen LogP contribution in [0.4, 0.5) is 0 Å². The predicted octanol–water partition coefficient (Wildman–Crippen LogP) is 0.637. The number of hydrogen-bond acceptors (Lipinski definition) is 9. The van der Waals surface area contributed by atoms with Crippen LogP contribution in [0, 0.1) is 0 Å². The highest BCUT2D eigenvalue weighted by molar-refractivity contribution is 6.01. The molecule has 29 heavy (non-hydrogen) atoms. The molecule has 2 aliphatic heterocycles. The molecule has 0 aromatic carbocycles. The minimum absolute atomic E-state index is 0.0963. The van der Waals surface area contributed by atoms with E-state index in [1.807, 2.05) is 0 Å². The lowest BCUT2D eigenvalue weighted by atomic mass is 10.2. The van der Waals surface area contributed by atoms with Crippen molar-refractivity contribution in [3.05, 3.63) is 12.3 Å². The molecule has 2 saturated heterocycles. The second-order valence-corrected chi connectivity index (χ2v) is 6.15. The van der Waals surface area contributed by atoms with Gasteiger partial charge < -0.3 is 19.1 Å². The summed E-state index contributed by atoms with van der Waals surface area (Å²) < 4.78 is 9.32. The summed E-state index contributed by atoms with van der Waals surface area (Å²) in [6, 6.07) is 0. The zero-order chi connectivity index (χ0) is 21.8. The highest BCUT2D eigenvalue weighted by atomic mass is 16.7. The average Bonchev–Trinajstić information content (AvgIpc) is 3.16. The SMILES string of the molecule is C=C1CCC(=O)N1OC(=O)CCCCOC.COCC(=O)ON1C(=O)CCC1=O. The predicted molar refractivity (Wildman–Crippen MR) is 96.1 cm³/mol. The lowest BCUT2D eigenvalue weighted by Gasteiger charge is -2.15. The maximum absolute atomic E-state index is 11.4. The van der Waals surface area contributed by atoms with Crippen LogP contribution in [0.3, 0.4) is 0 Å². The number of ether oxygens (including phenoxy) is 2. The fourth-order valence-corrected chi connectivity index (χ4v) is 2.31. The molecule has 0 unspecified atom stereocenters. The van der Waals surface area contributed by atoms with E-state index in [0.29, 0.717) is 43.1 Å². The Morgan fingerprint density at radius 3 is 1.90 bits per heavy atom. The fraction of sp³-hybridized carbons (Fsp3) is 0.611. The lowest BCUT2D eigenvalue weighted by Crippen LogP contribution is -2.33. The second kappa shape index (κ2) is 12.6. The Labute approximate surface area is 168 Å². The van der Waals surface area contributed by atoms with E-state index in [0.717, 1.165) is 11.5 Å². The molecular formula is C18H26N2O9.